The SMILES string of the molecule is Cc1cccc(C(=O)NCCn2c(C)nc3ccccc32)c1. The molecular formula is C18H19N3O. The number of carbonyl (C=O) groups is 1. The third kappa shape index (κ3) is 2.86. The molecule has 0 saturated carbocycles. The number of nitrogens with zero attached hydrogens (tertiary/aromatic N) is 2. The molecule has 1 N–H and O–H groups in total. The summed E-state index contributed by atoms with van der Waals surface area (Å²) in [4.78, 5) is 16.7. The van der Waals surface area contributed by atoms with E-state index in [-0.39, 0.29) is 5.91 Å². The van der Waals surface area contributed by atoms with E-state index in [4.69, 9.17) is 0 Å². The minimum Gasteiger partial charge on any atom is -0.350 e. The maximum atomic E-state index is 12.1. The zero-order chi connectivity index (χ0) is 15.5. The number of rotatable bonds is 4. The fourth-order valence-corrected chi connectivity index (χ4v) is 2.65. The largest absolute Gasteiger partial charge is 0.350 e. The molecule has 22 heavy (non-hydrogen) atoms. The lowest BCUT2D eigenvalue weighted by molar-refractivity contribution is 0.0952. The van der Waals surface area contributed by atoms with Crippen molar-refractivity contribution in [1.82, 2.24) is 14.9 Å². The molecule has 4 heteroatoms. The molecule has 0 aliphatic rings. The molecule has 1 aromatic heterocycles. The van der Waals surface area contributed by atoms with Gasteiger partial charge in [0.15, 0.2) is 0 Å². The van der Waals surface area contributed by atoms with Crippen molar-refractivity contribution in [1.29, 1.82) is 0 Å². The summed E-state index contributed by atoms with van der Waals surface area (Å²) in [5.74, 6) is 0.928. The maximum Gasteiger partial charge on any atom is 0.251 e. The van der Waals surface area contributed by atoms with E-state index < -0.39 is 0 Å². The van der Waals surface area contributed by atoms with E-state index in [1.54, 1.807) is 0 Å². The molecule has 0 atom stereocenters. The molecule has 0 radical (unpaired) electrons. The second-order valence-electron chi connectivity index (χ2n) is 5.42. The van der Waals surface area contributed by atoms with Crippen LogP contribution in [-0.4, -0.2) is 22.0 Å². The van der Waals surface area contributed by atoms with Crippen LogP contribution in [0.15, 0.2) is 48.5 Å². The minimum atomic E-state index is -0.0363. The fourth-order valence-electron chi connectivity index (χ4n) is 2.65. The average molecular weight is 293 g/mol. The lowest BCUT2D eigenvalue weighted by Crippen LogP contribution is -2.27. The molecule has 2 aromatic carbocycles. The molecule has 1 heterocycles. The van der Waals surface area contributed by atoms with Crippen molar-refractivity contribution >= 4 is 16.9 Å². The van der Waals surface area contributed by atoms with Crippen molar-refractivity contribution in [3.8, 4) is 0 Å². The van der Waals surface area contributed by atoms with Gasteiger partial charge < -0.3 is 9.88 Å². The first kappa shape index (κ1) is 14.3. The van der Waals surface area contributed by atoms with Crippen LogP contribution in [0, 0.1) is 13.8 Å². The highest BCUT2D eigenvalue weighted by Crippen LogP contribution is 2.14. The third-order valence-corrected chi connectivity index (χ3v) is 3.75. The standard InChI is InChI=1S/C18H19N3O/c1-13-6-5-7-15(12-13)18(22)19-10-11-21-14(2)20-16-8-3-4-9-17(16)21/h3-9,12H,10-11H2,1-2H3,(H,19,22). The Kier molecular flexibility index (Phi) is 3.92. The molecule has 0 aliphatic carbocycles. The van der Waals surface area contributed by atoms with Gasteiger partial charge in [0, 0.05) is 18.7 Å². The summed E-state index contributed by atoms with van der Waals surface area (Å²) in [6.07, 6.45) is 0. The van der Waals surface area contributed by atoms with Crippen molar-refractivity contribution in [2.24, 2.45) is 0 Å². The second kappa shape index (κ2) is 6.02. The molecule has 1 amide bonds. The number of fused-ring (bicyclic) bond motifs is 1. The van der Waals surface area contributed by atoms with E-state index in [2.05, 4.69) is 20.9 Å². The van der Waals surface area contributed by atoms with E-state index in [0.717, 1.165) is 22.4 Å². The fraction of sp³-hybridized carbons (Fsp3) is 0.222. The number of carbonyl (C=O) groups excluding carboxylic acids is 1. The van der Waals surface area contributed by atoms with Crippen LogP contribution in [0.3, 0.4) is 0 Å². The second-order valence-corrected chi connectivity index (χ2v) is 5.42. The van der Waals surface area contributed by atoms with Gasteiger partial charge in [0.05, 0.1) is 11.0 Å². The Morgan fingerprint density at radius 2 is 1.95 bits per heavy atom. The molecular weight excluding hydrogens is 274 g/mol. The summed E-state index contributed by atoms with van der Waals surface area (Å²) in [5, 5.41) is 2.97. The Labute approximate surface area is 129 Å². The number of aromatic nitrogens is 2. The predicted molar refractivity (Wildman–Crippen MR) is 88.0 cm³/mol. The lowest BCUT2D eigenvalue weighted by Gasteiger charge is -2.09. The first-order valence-electron chi connectivity index (χ1n) is 7.42. The molecule has 3 rings (SSSR count). The molecule has 0 spiro atoms. The monoisotopic (exact) mass is 293 g/mol. The topological polar surface area (TPSA) is 46.9 Å². The van der Waals surface area contributed by atoms with Crippen molar-refractivity contribution in [3.63, 3.8) is 0 Å². The molecule has 0 unspecified atom stereocenters. The van der Waals surface area contributed by atoms with Crippen molar-refractivity contribution in [2.45, 2.75) is 20.4 Å². The van der Waals surface area contributed by atoms with Crippen LogP contribution in [0.2, 0.25) is 0 Å². The molecule has 0 aliphatic heterocycles. The molecule has 0 bridgehead atoms. The lowest BCUT2D eigenvalue weighted by atomic mass is 10.1. The highest BCUT2D eigenvalue weighted by Gasteiger charge is 2.08. The number of imidazole rings is 1. The summed E-state index contributed by atoms with van der Waals surface area (Å²) in [5.41, 5.74) is 3.88. The Bertz CT molecular complexity index is 820. The van der Waals surface area contributed by atoms with Gasteiger partial charge in [-0.3, -0.25) is 4.79 Å². The molecule has 4 nitrogen and oxygen atoms in total. The van der Waals surface area contributed by atoms with Gasteiger partial charge >= 0.3 is 0 Å². The first-order valence-corrected chi connectivity index (χ1v) is 7.42. The van der Waals surface area contributed by atoms with Crippen LogP contribution >= 0.6 is 0 Å². The number of hydrogen-bond donors (Lipinski definition) is 1. The summed E-state index contributed by atoms with van der Waals surface area (Å²) >= 11 is 0. The van der Waals surface area contributed by atoms with Crippen LogP contribution in [0.25, 0.3) is 11.0 Å². The van der Waals surface area contributed by atoms with Gasteiger partial charge in [-0.1, -0.05) is 29.8 Å². The van der Waals surface area contributed by atoms with Crippen LogP contribution in [-0.2, 0) is 6.54 Å². The smallest absolute Gasteiger partial charge is 0.251 e. The van der Waals surface area contributed by atoms with Gasteiger partial charge in [-0.25, -0.2) is 4.98 Å². The van der Waals surface area contributed by atoms with Gasteiger partial charge in [0.1, 0.15) is 5.82 Å². The highest BCUT2D eigenvalue weighted by atomic mass is 16.1. The van der Waals surface area contributed by atoms with Crippen LogP contribution < -0.4 is 5.32 Å². The van der Waals surface area contributed by atoms with E-state index in [1.165, 1.54) is 0 Å². The number of hydrogen-bond acceptors (Lipinski definition) is 2. The number of nitrogens with one attached hydrogen (secondary N) is 1. The minimum absolute atomic E-state index is 0.0363. The summed E-state index contributed by atoms with van der Waals surface area (Å²) < 4.78 is 2.13. The number of para-hydroxylation sites is 2. The van der Waals surface area contributed by atoms with E-state index in [9.17, 15) is 4.79 Å². The number of benzene rings is 2. The zero-order valence-electron chi connectivity index (χ0n) is 12.8. The first-order chi connectivity index (χ1) is 10.6. The van der Waals surface area contributed by atoms with Gasteiger partial charge in [0.25, 0.3) is 5.91 Å². The number of aryl methyl sites for hydroxylation is 2. The van der Waals surface area contributed by atoms with Crippen molar-refractivity contribution in [3.05, 3.63) is 65.5 Å². The van der Waals surface area contributed by atoms with Crippen LogP contribution in [0.4, 0.5) is 0 Å². The van der Waals surface area contributed by atoms with Gasteiger partial charge in [-0.05, 0) is 38.1 Å². The molecule has 112 valence electrons. The Hall–Kier alpha value is -2.62. The quantitative estimate of drug-likeness (QED) is 0.803. The van der Waals surface area contributed by atoms with Crippen molar-refractivity contribution in [2.75, 3.05) is 6.54 Å². The Morgan fingerprint density at radius 1 is 1.14 bits per heavy atom. The zero-order valence-corrected chi connectivity index (χ0v) is 12.8. The molecule has 3 aromatic rings. The highest BCUT2D eigenvalue weighted by molar-refractivity contribution is 5.94. The summed E-state index contributed by atoms with van der Waals surface area (Å²) in [6, 6.07) is 15.7. The summed E-state index contributed by atoms with van der Waals surface area (Å²) in [7, 11) is 0. The van der Waals surface area contributed by atoms with Gasteiger partial charge in [-0.2, -0.15) is 0 Å². The van der Waals surface area contributed by atoms with E-state index in [1.807, 2.05) is 56.3 Å². The average Bonchev–Trinajstić information content (AvgIpc) is 2.83. The van der Waals surface area contributed by atoms with Gasteiger partial charge in [-0.15, -0.1) is 0 Å². The summed E-state index contributed by atoms with van der Waals surface area (Å²) in [6.45, 7) is 5.26. The third-order valence-electron chi connectivity index (χ3n) is 3.75. The Balaban J connectivity index is 1.67. The van der Waals surface area contributed by atoms with Crippen LogP contribution in [0.5, 0.6) is 0 Å². The van der Waals surface area contributed by atoms with Crippen LogP contribution in [0.1, 0.15) is 21.7 Å². The predicted octanol–water partition coefficient (Wildman–Crippen LogP) is 3.08. The number of amides is 1. The normalized spacial score (nSPS) is 10.8. The van der Waals surface area contributed by atoms with E-state index >= 15 is 0 Å². The van der Waals surface area contributed by atoms with Crippen molar-refractivity contribution < 1.29 is 4.79 Å². The molecule has 0 fully saturated rings. The maximum absolute atomic E-state index is 12.1. The molecule has 0 saturated heterocycles. The van der Waals surface area contributed by atoms with E-state index in [0.29, 0.717) is 18.7 Å². The Morgan fingerprint density at radius 3 is 2.77 bits per heavy atom. The van der Waals surface area contributed by atoms with Gasteiger partial charge in [0.2, 0.25) is 0 Å².